The zero-order valence-corrected chi connectivity index (χ0v) is 11.1. The molecule has 1 N–H and O–H groups in total. The Kier molecular flexibility index (Phi) is 3.58. The average Bonchev–Trinajstić information content (AvgIpc) is 2.37. The molecule has 0 amide bonds. The van der Waals surface area contributed by atoms with Crippen molar-refractivity contribution in [1.29, 1.82) is 5.26 Å². The smallest absolute Gasteiger partial charge is 0.282 e. The molecule has 0 atom stereocenters. The topological polar surface area (TPSA) is 78.2 Å². The summed E-state index contributed by atoms with van der Waals surface area (Å²) in [5, 5.41) is 9.50. The summed E-state index contributed by atoms with van der Waals surface area (Å²) in [5.41, 5.74) is 1.71. The zero-order chi connectivity index (χ0) is 14.0. The highest BCUT2D eigenvalue weighted by Gasteiger charge is 2.10. The molecule has 0 aliphatic rings. The fourth-order valence-electron chi connectivity index (χ4n) is 1.67. The number of hydrogen-bond acceptors (Lipinski definition) is 3. The number of nitriles is 1. The molecular weight excluding hydrogens is 286 g/mol. The number of hydrogen-bond donors (Lipinski definition) is 1. The van der Waals surface area contributed by atoms with E-state index >= 15 is 0 Å². The molecule has 0 radical (unpaired) electrons. The van der Waals surface area contributed by atoms with Crippen molar-refractivity contribution in [2.75, 3.05) is 0 Å². The van der Waals surface area contributed by atoms with Crippen LogP contribution in [-0.2, 0) is 10.1 Å². The van der Waals surface area contributed by atoms with Gasteiger partial charge in [-0.3, -0.25) is 4.55 Å². The van der Waals surface area contributed by atoms with Crippen LogP contribution in [0, 0.1) is 11.3 Å². The Morgan fingerprint density at radius 2 is 1.74 bits per heavy atom. The van der Waals surface area contributed by atoms with Gasteiger partial charge in [-0.25, -0.2) is 0 Å². The third-order valence-corrected chi connectivity index (χ3v) is 3.67. The SMILES string of the molecule is N#Cc1cc(Cl)ccc1-c1ccc(S(=O)(=O)O)cc1. The van der Waals surface area contributed by atoms with Gasteiger partial charge in [0.2, 0.25) is 0 Å². The quantitative estimate of drug-likeness (QED) is 0.863. The highest BCUT2D eigenvalue weighted by molar-refractivity contribution is 7.85. The molecule has 0 heterocycles. The molecule has 4 nitrogen and oxygen atoms in total. The number of nitrogens with zero attached hydrogens (tertiary/aromatic N) is 1. The second-order valence-electron chi connectivity index (χ2n) is 3.80. The molecule has 0 fully saturated rings. The van der Waals surface area contributed by atoms with E-state index in [9.17, 15) is 8.42 Å². The standard InChI is InChI=1S/C13H8ClNO3S/c14-11-3-6-13(10(7-11)8-15)9-1-4-12(5-2-9)19(16,17)18/h1-7H,(H,16,17,18). The van der Waals surface area contributed by atoms with Crippen molar-refractivity contribution < 1.29 is 13.0 Å². The van der Waals surface area contributed by atoms with Crippen molar-refractivity contribution >= 4 is 21.7 Å². The van der Waals surface area contributed by atoms with E-state index in [0.29, 0.717) is 21.7 Å². The van der Waals surface area contributed by atoms with Crippen molar-refractivity contribution in [2.24, 2.45) is 0 Å². The van der Waals surface area contributed by atoms with Gasteiger partial charge in [-0.2, -0.15) is 13.7 Å². The summed E-state index contributed by atoms with van der Waals surface area (Å²) in [6.07, 6.45) is 0. The van der Waals surface area contributed by atoms with Gasteiger partial charge in [-0.1, -0.05) is 29.8 Å². The van der Waals surface area contributed by atoms with Gasteiger partial charge in [0.05, 0.1) is 16.5 Å². The van der Waals surface area contributed by atoms with Crippen molar-refractivity contribution in [3.8, 4) is 17.2 Å². The largest absolute Gasteiger partial charge is 0.294 e. The van der Waals surface area contributed by atoms with Gasteiger partial charge in [0.15, 0.2) is 0 Å². The molecule has 0 aliphatic heterocycles. The molecular formula is C13H8ClNO3S. The van der Waals surface area contributed by atoms with Crippen LogP contribution in [0.4, 0.5) is 0 Å². The normalized spacial score (nSPS) is 11.0. The number of benzene rings is 2. The van der Waals surface area contributed by atoms with Gasteiger partial charge in [0.1, 0.15) is 0 Å². The summed E-state index contributed by atoms with van der Waals surface area (Å²) in [5.74, 6) is 0. The summed E-state index contributed by atoms with van der Waals surface area (Å²) < 4.78 is 30.8. The third kappa shape index (κ3) is 2.93. The highest BCUT2D eigenvalue weighted by atomic mass is 35.5. The maximum atomic E-state index is 10.9. The summed E-state index contributed by atoms with van der Waals surface area (Å²) in [6.45, 7) is 0. The second kappa shape index (κ2) is 5.02. The van der Waals surface area contributed by atoms with Gasteiger partial charge in [-0.15, -0.1) is 0 Å². The van der Waals surface area contributed by atoms with Crippen molar-refractivity contribution in [2.45, 2.75) is 4.90 Å². The van der Waals surface area contributed by atoms with Gasteiger partial charge in [0, 0.05) is 5.02 Å². The molecule has 19 heavy (non-hydrogen) atoms. The lowest BCUT2D eigenvalue weighted by Gasteiger charge is -2.05. The van der Waals surface area contributed by atoms with Gasteiger partial charge in [0.25, 0.3) is 10.1 Å². The maximum absolute atomic E-state index is 10.9. The fourth-order valence-corrected chi connectivity index (χ4v) is 2.32. The first-order valence-electron chi connectivity index (χ1n) is 5.19. The second-order valence-corrected chi connectivity index (χ2v) is 5.66. The molecule has 6 heteroatoms. The summed E-state index contributed by atoms with van der Waals surface area (Å²) >= 11 is 5.80. The van der Waals surface area contributed by atoms with Crippen LogP contribution < -0.4 is 0 Å². The van der Waals surface area contributed by atoms with Crippen LogP contribution in [0.15, 0.2) is 47.4 Å². The zero-order valence-electron chi connectivity index (χ0n) is 9.54. The molecule has 0 spiro atoms. The van der Waals surface area contributed by atoms with Crippen LogP contribution >= 0.6 is 11.6 Å². The summed E-state index contributed by atoms with van der Waals surface area (Å²) in [7, 11) is -4.21. The lowest BCUT2D eigenvalue weighted by atomic mass is 10.0. The molecule has 0 bridgehead atoms. The Balaban J connectivity index is 2.52. The van der Waals surface area contributed by atoms with Crippen molar-refractivity contribution in [3.05, 3.63) is 53.1 Å². The van der Waals surface area contributed by atoms with Gasteiger partial charge < -0.3 is 0 Å². The van der Waals surface area contributed by atoms with E-state index in [1.54, 1.807) is 12.1 Å². The predicted octanol–water partition coefficient (Wildman–Crippen LogP) is 3.13. The molecule has 2 aromatic carbocycles. The first-order valence-corrected chi connectivity index (χ1v) is 7.01. The molecule has 96 valence electrons. The van der Waals surface area contributed by atoms with Crippen LogP contribution in [0.5, 0.6) is 0 Å². The summed E-state index contributed by atoms with van der Waals surface area (Å²) in [6, 6.07) is 12.5. The monoisotopic (exact) mass is 293 g/mol. The Morgan fingerprint density at radius 1 is 1.11 bits per heavy atom. The van der Waals surface area contributed by atoms with E-state index in [1.165, 1.54) is 30.3 Å². The first kappa shape index (κ1) is 13.6. The van der Waals surface area contributed by atoms with Gasteiger partial charge in [-0.05, 0) is 35.4 Å². The maximum Gasteiger partial charge on any atom is 0.294 e. The van der Waals surface area contributed by atoms with Crippen LogP contribution in [-0.4, -0.2) is 13.0 Å². The minimum atomic E-state index is -4.21. The van der Waals surface area contributed by atoms with Crippen LogP contribution in [0.2, 0.25) is 5.02 Å². The predicted molar refractivity (Wildman–Crippen MR) is 71.4 cm³/mol. The molecule has 0 saturated heterocycles. The van der Waals surface area contributed by atoms with E-state index < -0.39 is 10.1 Å². The number of rotatable bonds is 2. The average molecular weight is 294 g/mol. The van der Waals surface area contributed by atoms with E-state index in [4.69, 9.17) is 21.4 Å². The molecule has 0 aromatic heterocycles. The Labute approximate surface area is 115 Å². The van der Waals surface area contributed by atoms with Gasteiger partial charge >= 0.3 is 0 Å². The lowest BCUT2D eigenvalue weighted by Crippen LogP contribution is -1.97. The van der Waals surface area contributed by atoms with Crippen LogP contribution in [0.25, 0.3) is 11.1 Å². The molecule has 0 saturated carbocycles. The van der Waals surface area contributed by atoms with Crippen LogP contribution in [0.1, 0.15) is 5.56 Å². The Bertz CT molecular complexity index is 761. The van der Waals surface area contributed by atoms with Crippen molar-refractivity contribution in [1.82, 2.24) is 0 Å². The van der Waals surface area contributed by atoms with Crippen LogP contribution in [0.3, 0.4) is 0 Å². The minimum absolute atomic E-state index is 0.191. The van der Waals surface area contributed by atoms with E-state index in [2.05, 4.69) is 0 Å². The lowest BCUT2D eigenvalue weighted by molar-refractivity contribution is 0.483. The van der Waals surface area contributed by atoms with Crippen molar-refractivity contribution in [3.63, 3.8) is 0 Å². The van der Waals surface area contributed by atoms with E-state index in [1.807, 2.05) is 6.07 Å². The minimum Gasteiger partial charge on any atom is -0.282 e. The Morgan fingerprint density at radius 3 is 2.26 bits per heavy atom. The van der Waals surface area contributed by atoms with E-state index in [0.717, 1.165) is 0 Å². The molecule has 2 rings (SSSR count). The number of halogens is 1. The molecule has 0 unspecified atom stereocenters. The Hall–Kier alpha value is -1.87. The first-order chi connectivity index (χ1) is 8.91. The third-order valence-electron chi connectivity index (χ3n) is 2.57. The molecule has 2 aromatic rings. The summed E-state index contributed by atoms with van der Waals surface area (Å²) in [4.78, 5) is -0.191. The van der Waals surface area contributed by atoms with E-state index in [-0.39, 0.29) is 4.90 Å². The fraction of sp³-hybridized carbons (Fsp3) is 0. The molecule has 0 aliphatic carbocycles. The highest BCUT2D eigenvalue weighted by Crippen LogP contribution is 2.27.